The van der Waals surface area contributed by atoms with Gasteiger partial charge in [-0.1, -0.05) is 0 Å². The number of carbonyl (C=O) groups excluding carboxylic acids is 1. The first kappa shape index (κ1) is 22.6. The molecule has 2 atom stereocenters. The van der Waals surface area contributed by atoms with Gasteiger partial charge < -0.3 is 10.2 Å². The van der Waals surface area contributed by atoms with Crippen LogP contribution in [-0.4, -0.2) is 37.0 Å². The van der Waals surface area contributed by atoms with Gasteiger partial charge in [-0.25, -0.2) is 0 Å². The van der Waals surface area contributed by atoms with Crippen molar-refractivity contribution in [2.75, 3.05) is 20.1 Å². The second kappa shape index (κ2) is 8.22. The van der Waals surface area contributed by atoms with Crippen LogP contribution in [0, 0.1) is 6.92 Å². The number of rotatable bonds is 3. The van der Waals surface area contributed by atoms with Gasteiger partial charge >= 0.3 is 12.4 Å². The number of amides is 1. The van der Waals surface area contributed by atoms with E-state index in [-0.39, 0.29) is 18.0 Å². The lowest BCUT2D eigenvalue weighted by molar-refractivity contribution is -0.143. The molecule has 0 bridgehead atoms. The number of thiophene rings is 1. The highest BCUT2D eigenvalue weighted by Gasteiger charge is 2.39. The Balaban J connectivity index is 1.97. The molecule has 2 heterocycles. The van der Waals surface area contributed by atoms with Crippen LogP contribution in [0.3, 0.4) is 0 Å². The summed E-state index contributed by atoms with van der Waals surface area (Å²) in [4.78, 5) is 15.3. The highest BCUT2D eigenvalue weighted by Crippen LogP contribution is 2.38. The third kappa shape index (κ3) is 4.64. The summed E-state index contributed by atoms with van der Waals surface area (Å²) in [6.07, 6.45) is -9.46. The van der Waals surface area contributed by atoms with Crippen LogP contribution in [0.25, 0.3) is 0 Å². The van der Waals surface area contributed by atoms with E-state index >= 15 is 0 Å². The van der Waals surface area contributed by atoms with Gasteiger partial charge in [0, 0.05) is 36.0 Å². The second-order valence-electron chi connectivity index (χ2n) is 7.35. The number of likely N-dealkylation sites (N-methyl/N-ethyl adjacent to an activating group) is 1. The molecule has 1 fully saturated rings. The number of hydrogen-bond acceptors (Lipinski definition) is 3. The minimum atomic E-state index is -5.00. The average Bonchev–Trinajstić information content (AvgIpc) is 3.11. The van der Waals surface area contributed by atoms with Gasteiger partial charge in [-0.05, 0) is 55.1 Å². The highest BCUT2D eigenvalue weighted by molar-refractivity contribution is 7.10. The van der Waals surface area contributed by atoms with Crippen LogP contribution < -0.4 is 5.32 Å². The molecule has 0 radical (unpaired) electrons. The molecular formula is C20H20F6N2OS. The predicted molar refractivity (Wildman–Crippen MR) is 102 cm³/mol. The van der Waals surface area contributed by atoms with E-state index in [2.05, 4.69) is 5.32 Å². The topological polar surface area (TPSA) is 32.3 Å². The Morgan fingerprint density at radius 3 is 2.20 bits per heavy atom. The number of benzene rings is 1. The molecule has 2 unspecified atom stereocenters. The summed E-state index contributed by atoms with van der Waals surface area (Å²) < 4.78 is 78.9. The van der Waals surface area contributed by atoms with Crippen molar-refractivity contribution in [2.24, 2.45) is 0 Å². The minimum absolute atomic E-state index is 0.0269. The molecule has 1 aromatic carbocycles. The molecule has 10 heteroatoms. The molecule has 1 aliphatic heterocycles. The van der Waals surface area contributed by atoms with Crippen LogP contribution in [0.4, 0.5) is 26.3 Å². The van der Waals surface area contributed by atoms with Crippen molar-refractivity contribution in [3.63, 3.8) is 0 Å². The van der Waals surface area contributed by atoms with E-state index in [0.29, 0.717) is 31.6 Å². The normalized spacial score (nSPS) is 20.3. The molecule has 0 spiro atoms. The molecule has 0 saturated carbocycles. The van der Waals surface area contributed by atoms with Gasteiger partial charge in [0.2, 0.25) is 0 Å². The Hall–Kier alpha value is -2.07. The standard InChI is InChI=1S/C20H20F6N2OS/c1-11-4-6-30-17(11)15-10-27-5-3-16(15)28(2)18(29)12-7-13(19(21,22)23)9-14(8-12)20(24,25)26/h4,6-9,15-16,27H,3,5,10H2,1-2H3. The molecule has 1 aliphatic rings. The molecular weight excluding hydrogens is 430 g/mol. The quantitative estimate of drug-likeness (QED) is 0.643. The van der Waals surface area contributed by atoms with Gasteiger partial charge in [0.25, 0.3) is 5.91 Å². The predicted octanol–water partition coefficient (Wildman–Crippen LogP) is 5.31. The van der Waals surface area contributed by atoms with E-state index in [1.807, 2.05) is 18.4 Å². The van der Waals surface area contributed by atoms with Gasteiger partial charge in [-0.15, -0.1) is 11.3 Å². The number of nitrogens with zero attached hydrogens (tertiary/aromatic N) is 1. The first-order chi connectivity index (χ1) is 13.9. The van der Waals surface area contributed by atoms with Crippen LogP contribution in [0.15, 0.2) is 29.6 Å². The Labute approximate surface area is 173 Å². The number of carbonyl (C=O) groups is 1. The maximum Gasteiger partial charge on any atom is 0.416 e. The van der Waals surface area contributed by atoms with E-state index in [9.17, 15) is 31.1 Å². The number of aryl methyl sites for hydroxylation is 1. The van der Waals surface area contributed by atoms with Crippen LogP contribution in [0.2, 0.25) is 0 Å². The summed E-state index contributed by atoms with van der Waals surface area (Å²) in [6.45, 7) is 3.10. The summed E-state index contributed by atoms with van der Waals surface area (Å²) in [5.74, 6) is -0.960. The Morgan fingerprint density at radius 1 is 1.10 bits per heavy atom. The highest BCUT2D eigenvalue weighted by atomic mass is 32.1. The molecule has 1 aromatic heterocycles. The molecule has 2 aromatic rings. The SMILES string of the molecule is Cc1ccsc1C1CNCCC1N(C)C(=O)c1cc(C(F)(F)F)cc(C(F)(F)F)c1. The van der Waals surface area contributed by atoms with Gasteiger partial charge in [0.1, 0.15) is 0 Å². The lowest BCUT2D eigenvalue weighted by atomic mass is 9.89. The summed E-state index contributed by atoms with van der Waals surface area (Å²) in [7, 11) is 1.43. The molecule has 164 valence electrons. The molecule has 3 rings (SSSR count). The van der Waals surface area contributed by atoms with E-state index < -0.39 is 35.0 Å². The first-order valence-corrected chi connectivity index (χ1v) is 10.1. The molecule has 1 amide bonds. The summed E-state index contributed by atoms with van der Waals surface area (Å²) >= 11 is 1.52. The van der Waals surface area contributed by atoms with E-state index in [1.165, 1.54) is 23.3 Å². The monoisotopic (exact) mass is 450 g/mol. The average molecular weight is 450 g/mol. The minimum Gasteiger partial charge on any atom is -0.338 e. The maximum atomic E-state index is 13.1. The Bertz CT molecular complexity index is 889. The second-order valence-corrected chi connectivity index (χ2v) is 8.29. The maximum absolute atomic E-state index is 13.1. The fourth-order valence-corrected chi connectivity index (χ4v) is 4.86. The number of piperidine rings is 1. The third-order valence-corrected chi connectivity index (χ3v) is 6.49. The largest absolute Gasteiger partial charge is 0.416 e. The zero-order valence-corrected chi connectivity index (χ0v) is 17.0. The van der Waals surface area contributed by atoms with Crippen molar-refractivity contribution in [1.82, 2.24) is 10.2 Å². The van der Waals surface area contributed by atoms with Crippen molar-refractivity contribution < 1.29 is 31.1 Å². The summed E-state index contributed by atoms with van der Waals surface area (Å²) in [5, 5.41) is 5.16. The van der Waals surface area contributed by atoms with Gasteiger partial charge in [-0.2, -0.15) is 26.3 Å². The molecule has 0 aliphatic carbocycles. The smallest absolute Gasteiger partial charge is 0.338 e. The first-order valence-electron chi connectivity index (χ1n) is 9.21. The van der Waals surface area contributed by atoms with Crippen molar-refractivity contribution in [1.29, 1.82) is 0 Å². The Kier molecular flexibility index (Phi) is 6.20. The zero-order valence-electron chi connectivity index (χ0n) is 16.2. The molecule has 1 N–H and O–H groups in total. The number of alkyl halides is 6. The van der Waals surface area contributed by atoms with Crippen molar-refractivity contribution >= 4 is 17.2 Å². The van der Waals surface area contributed by atoms with Crippen LogP contribution >= 0.6 is 11.3 Å². The van der Waals surface area contributed by atoms with Crippen molar-refractivity contribution in [2.45, 2.75) is 37.7 Å². The lowest BCUT2D eigenvalue weighted by Gasteiger charge is -2.38. The van der Waals surface area contributed by atoms with Crippen LogP contribution in [-0.2, 0) is 12.4 Å². The summed E-state index contributed by atoms with van der Waals surface area (Å²) in [6, 6.07) is 2.59. The third-order valence-electron chi connectivity index (χ3n) is 5.34. The van der Waals surface area contributed by atoms with Gasteiger partial charge in [0.15, 0.2) is 0 Å². The van der Waals surface area contributed by atoms with Crippen LogP contribution in [0.1, 0.15) is 44.3 Å². The van der Waals surface area contributed by atoms with E-state index in [1.54, 1.807) is 0 Å². The van der Waals surface area contributed by atoms with E-state index in [4.69, 9.17) is 0 Å². The van der Waals surface area contributed by atoms with Crippen molar-refractivity contribution in [3.05, 3.63) is 56.8 Å². The van der Waals surface area contributed by atoms with Crippen molar-refractivity contribution in [3.8, 4) is 0 Å². The molecule has 30 heavy (non-hydrogen) atoms. The van der Waals surface area contributed by atoms with Gasteiger partial charge in [-0.3, -0.25) is 4.79 Å². The van der Waals surface area contributed by atoms with E-state index in [0.717, 1.165) is 10.4 Å². The molecule has 3 nitrogen and oxygen atoms in total. The number of hydrogen-bond donors (Lipinski definition) is 1. The fourth-order valence-electron chi connectivity index (χ4n) is 3.77. The number of nitrogens with one attached hydrogen (secondary N) is 1. The van der Waals surface area contributed by atoms with Gasteiger partial charge in [0.05, 0.1) is 11.1 Å². The molecule has 1 saturated heterocycles. The van der Waals surface area contributed by atoms with Crippen LogP contribution in [0.5, 0.6) is 0 Å². The fraction of sp³-hybridized carbons (Fsp3) is 0.450. The Morgan fingerprint density at radius 2 is 1.70 bits per heavy atom. The zero-order chi connectivity index (χ0) is 22.3. The number of halogens is 6. The summed E-state index contributed by atoms with van der Waals surface area (Å²) in [5.41, 5.74) is -2.58. The lowest BCUT2D eigenvalue weighted by Crippen LogP contribution is -2.49.